The number of benzene rings is 1. The van der Waals surface area contributed by atoms with Crippen molar-refractivity contribution in [1.29, 1.82) is 0 Å². The molecule has 0 spiro atoms. The Morgan fingerprint density at radius 1 is 1.16 bits per heavy atom. The molecule has 0 aliphatic heterocycles. The molecule has 0 aliphatic carbocycles. The number of oxazole rings is 1. The highest BCUT2D eigenvalue weighted by atomic mass is 16.5. The van der Waals surface area contributed by atoms with Crippen LogP contribution in [-0.4, -0.2) is 17.1 Å². The number of pyridine rings is 1. The van der Waals surface area contributed by atoms with Crippen LogP contribution in [0, 0.1) is 6.92 Å². The van der Waals surface area contributed by atoms with Crippen LogP contribution in [0.4, 0.5) is 5.69 Å². The number of methoxy groups -OCH3 is 1. The molecule has 2 heterocycles. The molecule has 19 heavy (non-hydrogen) atoms. The Balaban J connectivity index is 2.11. The van der Waals surface area contributed by atoms with E-state index in [1.165, 1.54) is 0 Å². The minimum atomic E-state index is 0.502. The van der Waals surface area contributed by atoms with Crippen molar-refractivity contribution in [3.05, 3.63) is 36.0 Å². The molecule has 0 amide bonds. The molecule has 96 valence electrons. The summed E-state index contributed by atoms with van der Waals surface area (Å²) >= 11 is 0. The van der Waals surface area contributed by atoms with Crippen molar-refractivity contribution in [3.63, 3.8) is 0 Å². The van der Waals surface area contributed by atoms with Crippen LogP contribution in [0.15, 0.2) is 34.7 Å². The van der Waals surface area contributed by atoms with Crippen LogP contribution in [0.5, 0.6) is 5.75 Å². The van der Waals surface area contributed by atoms with Crippen LogP contribution < -0.4 is 10.5 Å². The fourth-order valence-corrected chi connectivity index (χ4v) is 1.90. The highest BCUT2D eigenvalue weighted by molar-refractivity contribution is 5.74. The highest BCUT2D eigenvalue weighted by Gasteiger charge is 2.11. The van der Waals surface area contributed by atoms with Crippen molar-refractivity contribution in [2.75, 3.05) is 12.8 Å². The van der Waals surface area contributed by atoms with E-state index < -0.39 is 0 Å². The predicted molar refractivity (Wildman–Crippen MR) is 72.9 cm³/mol. The third-order valence-corrected chi connectivity index (χ3v) is 2.87. The maximum atomic E-state index is 5.88. The number of rotatable bonds is 2. The van der Waals surface area contributed by atoms with Crippen LogP contribution in [-0.2, 0) is 0 Å². The Kier molecular flexibility index (Phi) is 2.59. The number of hydrogen-bond donors (Lipinski definition) is 1. The molecule has 3 rings (SSSR count). The van der Waals surface area contributed by atoms with Crippen molar-refractivity contribution in [2.45, 2.75) is 6.92 Å². The Morgan fingerprint density at radius 3 is 2.74 bits per heavy atom. The zero-order valence-corrected chi connectivity index (χ0v) is 10.7. The molecular weight excluding hydrogens is 242 g/mol. The summed E-state index contributed by atoms with van der Waals surface area (Å²) in [7, 11) is 1.58. The smallest absolute Gasteiger partial charge is 0.228 e. The number of aryl methyl sites for hydroxylation is 1. The second-order valence-electron chi connectivity index (χ2n) is 4.25. The van der Waals surface area contributed by atoms with Gasteiger partial charge in [-0.05, 0) is 37.3 Å². The fraction of sp³-hybridized carbons (Fsp3) is 0.143. The van der Waals surface area contributed by atoms with Crippen LogP contribution in [0.25, 0.3) is 22.7 Å². The monoisotopic (exact) mass is 255 g/mol. The first-order valence-corrected chi connectivity index (χ1v) is 5.85. The van der Waals surface area contributed by atoms with Crippen molar-refractivity contribution in [2.24, 2.45) is 0 Å². The molecule has 0 bridgehead atoms. The molecular formula is C14H13N3O2. The molecule has 5 nitrogen and oxygen atoms in total. The van der Waals surface area contributed by atoms with E-state index in [1.54, 1.807) is 19.2 Å². The molecule has 2 aromatic heterocycles. The summed E-state index contributed by atoms with van der Waals surface area (Å²) in [6, 6.07) is 9.17. The summed E-state index contributed by atoms with van der Waals surface area (Å²) in [5.74, 6) is 1.14. The van der Waals surface area contributed by atoms with Gasteiger partial charge < -0.3 is 14.9 Å². The highest BCUT2D eigenvalue weighted by Crippen LogP contribution is 2.29. The molecule has 0 saturated heterocycles. The van der Waals surface area contributed by atoms with E-state index in [9.17, 15) is 0 Å². The van der Waals surface area contributed by atoms with Crippen molar-refractivity contribution < 1.29 is 9.15 Å². The minimum Gasteiger partial charge on any atom is -0.495 e. The van der Waals surface area contributed by atoms with Gasteiger partial charge >= 0.3 is 0 Å². The van der Waals surface area contributed by atoms with E-state index in [1.807, 2.05) is 25.1 Å². The SMILES string of the molecule is COc1ccc(-c2nc3nc(C)ccc3o2)cc1N. The van der Waals surface area contributed by atoms with Crippen LogP contribution >= 0.6 is 0 Å². The van der Waals surface area contributed by atoms with E-state index in [4.69, 9.17) is 14.9 Å². The van der Waals surface area contributed by atoms with E-state index in [-0.39, 0.29) is 0 Å². The van der Waals surface area contributed by atoms with Gasteiger partial charge in [0.05, 0.1) is 12.8 Å². The standard InChI is InChI=1S/C14H13N3O2/c1-8-3-5-12-13(16-8)17-14(19-12)9-4-6-11(18-2)10(15)7-9/h3-7H,15H2,1-2H3. The van der Waals surface area contributed by atoms with E-state index >= 15 is 0 Å². The van der Waals surface area contributed by atoms with Crippen LogP contribution in [0.1, 0.15) is 5.69 Å². The summed E-state index contributed by atoms with van der Waals surface area (Å²) < 4.78 is 10.8. The lowest BCUT2D eigenvalue weighted by molar-refractivity contribution is 0.417. The molecule has 3 aromatic rings. The first kappa shape index (κ1) is 11.5. The summed E-state index contributed by atoms with van der Waals surface area (Å²) in [5.41, 5.74) is 9.39. The largest absolute Gasteiger partial charge is 0.495 e. The molecule has 0 atom stereocenters. The van der Waals surface area contributed by atoms with Gasteiger partial charge in [0.15, 0.2) is 11.2 Å². The second-order valence-corrected chi connectivity index (χ2v) is 4.25. The van der Waals surface area contributed by atoms with Crippen molar-refractivity contribution >= 4 is 16.9 Å². The van der Waals surface area contributed by atoms with E-state index in [2.05, 4.69) is 9.97 Å². The minimum absolute atomic E-state index is 0.502. The van der Waals surface area contributed by atoms with Gasteiger partial charge in [-0.15, -0.1) is 0 Å². The number of hydrogen-bond acceptors (Lipinski definition) is 5. The number of nitrogens with two attached hydrogens (primary N) is 1. The van der Waals surface area contributed by atoms with Crippen LogP contribution in [0.2, 0.25) is 0 Å². The lowest BCUT2D eigenvalue weighted by Gasteiger charge is -2.04. The average molecular weight is 255 g/mol. The van der Waals surface area contributed by atoms with E-state index in [0.29, 0.717) is 28.6 Å². The quantitative estimate of drug-likeness (QED) is 0.713. The van der Waals surface area contributed by atoms with Gasteiger partial charge in [-0.3, -0.25) is 0 Å². The van der Waals surface area contributed by atoms with Crippen molar-refractivity contribution in [1.82, 2.24) is 9.97 Å². The lowest BCUT2D eigenvalue weighted by atomic mass is 10.2. The molecule has 5 heteroatoms. The summed E-state index contributed by atoms with van der Waals surface area (Å²) in [6.07, 6.45) is 0. The van der Waals surface area contributed by atoms with Crippen molar-refractivity contribution in [3.8, 4) is 17.2 Å². The number of nitrogens with zero attached hydrogens (tertiary/aromatic N) is 2. The van der Waals surface area contributed by atoms with E-state index in [0.717, 1.165) is 11.3 Å². The fourth-order valence-electron chi connectivity index (χ4n) is 1.90. The zero-order chi connectivity index (χ0) is 13.4. The van der Waals surface area contributed by atoms with Gasteiger partial charge in [-0.25, -0.2) is 4.98 Å². The van der Waals surface area contributed by atoms with Gasteiger partial charge in [-0.2, -0.15) is 4.98 Å². The third-order valence-electron chi connectivity index (χ3n) is 2.87. The topological polar surface area (TPSA) is 74.2 Å². The number of fused-ring (bicyclic) bond motifs is 1. The Labute approximate surface area is 110 Å². The predicted octanol–water partition coefficient (Wildman–Crippen LogP) is 2.79. The lowest BCUT2D eigenvalue weighted by Crippen LogP contribution is -1.92. The summed E-state index contributed by atoms with van der Waals surface area (Å²) in [4.78, 5) is 8.68. The first-order valence-electron chi connectivity index (χ1n) is 5.85. The number of aromatic nitrogens is 2. The molecule has 2 N–H and O–H groups in total. The Morgan fingerprint density at radius 2 is 2.00 bits per heavy atom. The van der Waals surface area contributed by atoms with Gasteiger partial charge in [-0.1, -0.05) is 0 Å². The maximum absolute atomic E-state index is 5.88. The van der Waals surface area contributed by atoms with Crippen LogP contribution in [0.3, 0.4) is 0 Å². The summed E-state index contributed by atoms with van der Waals surface area (Å²) in [6.45, 7) is 1.92. The molecule has 0 fully saturated rings. The molecule has 1 aromatic carbocycles. The zero-order valence-electron chi connectivity index (χ0n) is 10.7. The van der Waals surface area contributed by atoms with Gasteiger partial charge in [0, 0.05) is 11.3 Å². The number of anilines is 1. The summed E-state index contributed by atoms with van der Waals surface area (Å²) in [5, 5.41) is 0. The normalized spacial score (nSPS) is 10.8. The van der Waals surface area contributed by atoms with Gasteiger partial charge in [0.25, 0.3) is 0 Å². The Hall–Kier alpha value is -2.56. The first-order chi connectivity index (χ1) is 9.17. The maximum Gasteiger partial charge on any atom is 0.228 e. The molecule has 0 aliphatic rings. The molecule has 0 unspecified atom stereocenters. The third kappa shape index (κ3) is 1.99. The number of nitrogen functional groups attached to an aromatic ring is 1. The van der Waals surface area contributed by atoms with Gasteiger partial charge in [0.1, 0.15) is 5.75 Å². The number of ether oxygens (including phenoxy) is 1. The second kappa shape index (κ2) is 4.28. The molecule has 0 saturated carbocycles. The average Bonchev–Trinajstić information content (AvgIpc) is 2.81. The molecule has 0 radical (unpaired) electrons. The van der Waals surface area contributed by atoms with Gasteiger partial charge in [0.2, 0.25) is 5.89 Å². The Bertz CT molecular complexity index is 750.